The molecule has 28 heavy (non-hydrogen) atoms. The molecule has 0 aromatic heterocycles. The Kier molecular flexibility index (Phi) is 8.08. The number of amides is 1. The van der Waals surface area contributed by atoms with E-state index in [-0.39, 0.29) is 19.0 Å². The molecular weight excluding hydrogens is 383 g/mol. The Morgan fingerprint density at radius 2 is 1.82 bits per heavy atom. The van der Waals surface area contributed by atoms with E-state index in [2.05, 4.69) is 0 Å². The molecule has 0 spiro atoms. The number of likely N-dealkylation sites (N-methyl/N-ethyl adjacent to an activating group) is 2. The maximum Gasteiger partial charge on any atom is 0.236 e. The predicted octanol–water partition coefficient (Wildman–Crippen LogP) is 3.98. The number of benzene rings is 2. The van der Waals surface area contributed by atoms with Gasteiger partial charge in [0.05, 0.1) is 20.8 Å². The molecule has 0 atom stereocenters. The van der Waals surface area contributed by atoms with E-state index in [0.717, 1.165) is 5.56 Å². The second-order valence-corrected chi connectivity index (χ2v) is 6.85. The molecule has 0 aliphatic carbocycles. The van der Waals surface area contributed by atoms with Crippen LogP contribution in [0.5, 0.6) is 11.5 Å². The van der Waals surface area contributed by atoms with E-state index in [1.165, 1.54) is 11.0 Å². The first-order valence-electron chi connectivity index (χ1n) is 8.99. The van der Waals surface area contributed by atoms with Crippen LogP contribution in [0, 0.1) is 5.82 Å². The molecule has 152 valence electrons. The van der Waals surface area contributed by atoms with E-state index in [0.29, 0.717) is 35.2 Å². The first-order chi connectivity index (χ1) is 13.4. The minimum Gasteiger partial charge on any atom is -0.493 e. The van der Waals surface area contributed by atoms with Gasteiger partial charge in [0.25, 0.3) is 0 Å². The normalized spacial score (nSPS) is 10.8. The summed E-state index contributed by atoms with van der Waals surface area (Å²) in [6.07, 6.45) is 0. The fourth-order valence-corrected chi connectivity index (χ4v) is 3.06. The molecule has 2 aromatic carbocycles. The first-order valence-corrected chi connectivity index (χ1v) is 9.37. The number of ether oxygens (including phenoxy) is 2. The highest BCUT2D eigenvalue weighted by Gasteiger charge is 2.17. The van der Waals surface area contributed by atoms with Crippen LogP contribution >= 0.6 is 11.6 Å². The van der Waals surface area contributed by atoms with Gasteiger partial charge >= 0.3 is 0 Å². The average molecular weight is 409 g/mol. The Hall–Kier alpha value is -2.31. The van der Waals surface area contributed by atoms with Crippen molar-refractivity contribution < 1.29 is 18.7 Å². The SMILES string of the molecule is CCN(CC(=O)N(C)Cc1c(F)cccc1Cl)Cc1ccc(OC)c(OC)c1. The fourth-order valence-electron chi connectivity index (χ4n) is 2.84. The lowest BCUT2D eigenvalue weighted by Crippen LogP contribution is -2.38. The van der Waals surface area contributed by atoms with Crippen LogP contribution in [0.25, 0.3) is 0 Å². The van der Waals surface area contributed by atoms with Crippen molar-refractivity contribution in [1.29, 1.82) is 0 Å². The van der Waals surface area contributed by atoms with Gasteiger partial charge in [-0.1, -0.05) is 30.7 Å². The maximum atomic E-state index is 14.0. The highest BCUT2D eigenvalue weighted by molar-refractivity contribution is 6.31. The Labute approximate surface area is 170 Å². The smallest absolute Gasteiger partial charge is 0.236 e. The van der Waals surface area contributed by atoms with Crippen molar-refractivity contribution in [1.82, 2.24) is 9.80 Å². The van der Waals surface area contributed by atoms with Crippen LogP contribution in [0.3, 0.4) is 0 Å². The van der Waals surface area contributed by atoms with Gasteiger partial charge in [-0.25, -0.2) is 4.39 Å². The molecule has 0 radical (unpaired) electrons. The van der Waals surface area contributed by atoms with Gasteiger partial charge in [-0.2, -0.15) is 0 Å². The molecule has 0 unspecified atom stereocenters. The lowest BCUT2D eigenvalue weighted by Gasteiger charge is -2.25. The minimum atomic E-state index is -0.412. The van der Waals surface area contributed by atoms with Crippen LogP contribution in [-0.2, 0) is 17.9 Å². The first kappa shape index (κ1) is 22.0. The molecule has 0 fully saturated rings. The zero-order chi connectivity index (χ0) is 20.7. The third-order valence-electron chi connectivity index (χ3n) is 4.54. The summed E-state index contributed by atoms with van der Waals surface area (Å²) in [5.74, 6) is 0.784. The molecule has 0 saturated heterocycles. The number of carbonyl (C=O) groups is 1. The van der Waals surface area contributed by atoms with Gasteiger partial charge in [-0.15, -0.1) is 0 Å². The zero-order valence-corrected chi connectivity index (χ0v) is 17.4. The molecule has 0 saturated carbocycles. The molecule has 0 aliphatic rings. The lowest BCUT2D eigenvalue weighted by atomic mass is 10.1. The summed E-state index contributed by atoms with van der Waals surface area (Å²) in [6, 6.07) is 10.2. The van der Waals surface area contributed by atoms with Gasteiger partial charge in [0.15, 0.2) is 11.5 Å². The third kappa shape index (κ3) is 5.59. The Morgan fingerprint density at radius 3 is 2.43 bits per heavy atom. The van der Waals surface area contributed by atoms with Crippen LogP contribution in [0.15, 0.2) is 36.4 Å². The Balaban J connectivity index is 2.02. The summed E-state index contributed by atoms with van der Waals surface area (Å²) in [6.45, 7) is 3.60. The van der Waals surface area contributed by atoms with Crippen molar-refractivity contribution in [3.05, 3.63) is 58.4 Å². The molecule has 2 rings (SSSR count). The van der Waals surface area contributed by atoms with Crippen molar-refractivity contribution in [2.75, 3.05) is 34.4 Å². The van der Waals surface area contributed by atoms with Crippen molar-refractivity contribution in [2.45, 2.75) is 20.0 Å². The van der Waals surface area contributed by atoms with Crippen LogP contribution in [-0.4, -0.2) is 50.1 Å². The van der Waals surface area contributed by atoms with Crippen molar-refractivity contribution in [3.63, 3.8) is 0 Å². The number of halogens is 2. The van der Waals surface area contributed by atoms with E-state index in [1.54, 1.807) is 33.4 Å². The van der Waals surface area contributed by atoms with Crippen molar-refractivity contribution in [2.24, 2.45) is 0 Å². The topological polar surface area (TPSA) is 42.0 Å². The highest BCUT2D eigenvalue weighted by atomic mass is 35.5. The number of hydrogen-bond donors (Lipinski definition) is 0. The molecule has 0 N–H and O–H groups in total. The number of hydrogen-bond acceptors (Lipinski definition) is 4. The fraction of sp³-hybridized carbons (Fsp3) is 0.381. The second kappa shape index (κ2) is 10.3. The van der Waals surface area contributed by atoms with Crippen LogP contribution in [0.1, 0.15) is 18.1 Å². The standard InChI is InChI=1S/C21H26ClFN2O3/c1-5-25(12-15-9-10-19(27-3)20(11-15)28-4)14-21(26)24(2)13-16-17(22)7-6-8-18(16)23/h6-11H,5,12-14H2,1-4H3. The van der Waals surface area contributed by atoms with Gasteiger partial charge in [0, 0.05) is 30.7 Å². The van der Waals surface area contributed by atoms with Crippen molar-refractivity contribution in [3.8, 4) is 11.5 Å². The maximum absolute atomic E-state index is 14.0. The summed E-state index contributed by atoms with van der Waals surface area (Å²) in [4.78, 5) is 16.1. The zero-order valence-electron chi connectivity index (χ0n) is 16.7. The molecule has 0 aliphatic heterocycles. The van der Waals surface area contributed by atoms with E-state index >= 15 is 0 Å². The van der Waals surface area contributed by atoms with Gasteiger partial charge in [-0.3, -0.25) is 9.69 Å². The predicted molar refractivity (Wildman–Crippen MR) is 108 cm³/mol. The highest BCUT2D eigenvalue weighted by Crippen LogP contribution is 2.28. The van der Waals surface area contributed by atoms with Crippen LogP contribution < -0.4 is 9.47 Å². The minimum absolute atomic E-state index is 0.110. The number of nitrogens with zero attached hydrogens (tertiary/aromatic N) is 2. The molecule has 0 heterocycles. The van der Waals surface area contributed by atoms with E-state index in [4.69, 9.17) is 21.1 Å². The van der Waals surface area contributed by atoms with E-state index < -0.39 is 5.82 Å². The molecular formula is C21H26ClFN2O3. The summed E-state index contributed by atoms with van der Waals surface area (Å²) < 4.78 is 24.6. The molecule has 7 heteroatoms. The third-order valence-corrected chi connectivity index (χ3v) is 4.90. The number of carbonyl (C=O) groups excluding carboxylic acids is 1. The summed E-state index contributed by atoms with van der Waals surface area (Å²) in [5, 5.41) is 0.317. The van der Waals surface area contributed by atoms with Crippen LogP contribution in [0.4, 0.5) is 4.39 Å². The molecule has 1 amide bonds. The van der Waals surface area contributed by atoms with Crippen molar-refractivity contribution >= 4 is 17.5 Å². The van der Waals surface area contributed by atoms with E-state index in [1.807, 2.05) is 30.0 Å². The summed E-state index contributed by atoms with van der Waals surface area (Å²) in [5.41, 5.74) is 1.33. The largest absolute Gasteiger partial charge is 0.493 e. The lowest BCUT2D eigenvalue weighted by molar-refractivity contribution is -0.131. The van der Waals surface area contributed by atoms with E-state index in [9.17, 15) is 9.18 Å². The molecule has 5 nitrogen and oxygen atoms in total. The Morgan fingerprint density at radius 1 is 1.11 bits per heavy atom. The number of rotatable bonds is 9. The van der Waals surface area contributed by atoms with Gasteiger partial charge in [0.2, 0.25) is 5.91 Å². The number of methoxy groups -OCH3 is 2. The molecule has 0 bridgehead atoms. The summed E-state index contributed by atoms with van der Waals surface area (Å²) >= 11 is 6.06. The monoisotopic (exact) mass is 408 g/mol. The molecule has 2 aromatic rings. The quantitative estimate of drug-likeness (QED) is 0.629. The summed E-state index contributed by atoms with van der Waals surface area (Å²) in [7, 11) is 4.83. The second-order valence-electron chi connectivity index (χ2n) is 6.44. The van der Waals surface area contributed by atoms with Gasteiger partial charge in [-0.05, 0) is 36.4 Å². The van der Waals surface area contributed by atoms with Crippen LogP contribution in [0.2, 0.25) is 5.02 Å². The average Bonchev–Trinajstić information content (AvgIpc) is 2.69. The Bertz CT molecular complexity index is 796. The van der Waals surface area contributed by atoms with Gasteiger partial charge in [0.1, 0.15) is 5.82 Å². The van der Waals surface area contributed by atoms with Gasteiger partial charge < -0.3 is 14.4 Å².